The summed E-state index contributed by atoms with van der Waals surface area (Å²) in [5.41, 5.74) is 0. The highest BCUT2D eigenvalue weighted by atomic mass is 32.2. The lowest BCUT2D eigenvalue weighted by atomic mass is 10.2. The quantitative estimate of drug-likeness (QED) is 0.694. The third-order valence-electron chi connectivity index (χ3n) is 2.91. The van der Waals surface area contributed by atoms with Crippen LogP contribution in [0.4, 0.5) is 0 Å². The Kier molecular flexibility index (Phi) is 6.12. The lowest BCUT2D eigenvalue weighted by molar-refractivity contribution is 0.109. The average molecular weight is 304 g/mol. The molecule has 0 unspecified atom stereocenters. The van der Waals surface area contributed by atoms with Crippen molar-refractivity contribution in [2.45, 2.75) is 37.8 Å². The molecular formula is C12H24N4O3S. The van der Waals surface area contributed by atoms with Gasteiger partial charge in [-0.05, 0) is 20.8 Å². The minimum absolute atomic E-state index is 0.159. The van der Waals surface area contributed by atoms with E-state index in [-0.39, 0.29) is 10.9 Å². The number of aliphatic hydroxyl groups is 1. The van der Waals surface area contributed by atoms with Crippen LogP contribution in [0.25, 0.3) is 0 Å². The van der Waals surface area contributed by atoms with E-state index in [1.807, 2.05) is 18.7 Å². The van der Waals surface area contributed by atoms with Gasteiger partial charge in [-0.15, -0.1) is 0 Å². The van der Waals surface area contributed by atoms with E-state index in [1.165, 1.54) is 17.1 Å². The summed E-state index contributed by atoms with van der Waals surface area (Å²) in [6, 6.07) is 0.243. The summed E-state index contributed by atoms with van der Waals surface area (Å²) >= 11 is 0. The molecule has 20 heavy (non-hydrogen) atoms. The van der Waals surface area contributed by atoms with Crippen LogP contribution in [0, 0.1) is 0 Å². The summed E-state index contributed by atoms with van der Waals surface area (Å²) in [5, 5.41) is 13.3. The number of hydrogen-bond acceptors (Lipinski definition) is 5. The van der Waals surface area contributed by atoms with Crippen LogP contribution >= 0.6 is 0 Å². The molecule has 8 heteroatoms. The second kappa shape index (κ2) is 7.16. The highest BCUT2D eigenvalue weighted by Crippen LogP contribution is 2.06. The fourth-order valence-corrected chi connectivity index (χ4v) is 2.85. The number of aromatic nitrogens is 2. The first-order valence-electron chi connectivity index (χ1n) is 6.63. The van der Waals surface area contributed by atoms with E-state index >= 15 is 0 Å². The Morgan fingerprint density at radius 1 is 1.45 bits per heavy atom. The summed E-state index contributed by atoms with van der Waals surface area (Å²) in [6.45, 7) is 7.10. The van der Waals surface area contributed by atoms with Gasteiger partial charge in [0.05, 0.1) is 12.3 Å². The molecular weight excluding hydrogens is 280 g/mol. The van der Waals surface area contributed by atoms with Crippen molar-refractivity contribution in [3.8, 4) is 0 Å². The van der Waals surface area contributed by atoms with Gasteiger partial charge in [-0.1, -0.05) is 0 Å². The number of aryl methyl sites for hydroxylation is 1. The van der Waals surface area contributed by atoms with E-state index in [2.05, 4.69) is 9.82 Å². The third kappa shape index (κ3) is 5.20. The van der Waals surface area contributed by atoms with Gasteiger partial charge in [-0.2, -0.15) is 5.10 Å². The molecule has 0 bridgehead atoms. The number of sulfonamides is 1. The van der Waals surface area contributed by atoms with Crippen LogP contribution in [-0.4, -0.2) is 60.0 Å². The minimum Gasteiger partial charge on any atom is -0.392 e. The molecule has 0 fully saturated rings. The number of nitrogens with one attached hydrogen (secondary N) is 1. The van der Waals surface area contributed by atoms with E-state index in [4.69, 9.17) is 0 Å². The van der Waals surface area contributed by atoms with Gasteiger partial charge in [-0.3, -0.25) is 9.58 Å². The minimum atomic E-state index is -3.51. The molecule has 116 valence electrons. The second-order valence-electron chi connectivity index (χ2n) is 5.19. The van der Waals surface area contributed by atoms with Gasteiger partial charge < -0.3 is 5.11 Å². The Hall–Kier alpha value is -0.960. The van der Waals surface area contributed by atoms with Gasteiger partial charge in [0.25, 0.3) is 0 Å². The van der Waals surface area contributed by atoms with Gasteiger partial charge in [0.15, 0.2) is 0 Å². The van der Waals surface area contributed by atoms with E-state index in [1.54, 1.807) is 14.0 Å². The molecule has 1 aromatic rings. The lowest BCUT2D eigenvalue weighted by Crippen LogP contribution is -2.41. The first-order valence-corrected chi connectivity index (χ1v) is 8.11. The Labute approximate surface area is 120 Å². The maximum Gasteiger partial charge on any atom is 0.243 e. The fraction of sp³-hybridized carbons (Fsp3) is 0.750. The van der Waals surface area contributed by atoms with Gasteiger partial charge in [0.1, 0.15) is 4.90 Å². The number of nitrogens with zero attached hydrogens (tertiary/aromatic N) is 3. The Balaban J connectivity index is 2.54. The van der Waals surface area contributed by atoms with Crippen molar-refractivity contribution in [2.24, 2.45) is 7.05 Å². The first-order chi connectivity index (χ1) is 9.22. The number of aliphatic hydroxyl groups excluding tert-OH is 1. The molecule has 1 heterocycles. The Morgan fingerprint density at radius 3 is 2.55 bits per heavy atom. The monoisotopic (exact) mass is 304 g/mol. The highest BCUT2D eigenvalue weighted by molar-refractivity contribution is 7.89. The topological polar surface area (TPSA) is 87.5 Å². The van der Waals surface area contributed by atoms with Crippen LogP contribution in [0.2, 0.25) is 0 Å². The van der Waals surface area contributed by atoms with Crippen LogP contribution in [-0.2, 0) is 17.1 Å². The molecule has 1 aromatic heterocycles. The van der Waals surface area contributed by atoms with Crippen molar-refractivity contribution < 1.29 is 13.5 Å². The molecule has 7 nitrogen and oxygen atoms in total. The van der Waals surface area contributed by atoms with Gasteiger partial charge in [0, 0.05) is 38.9 Å². The molecule has 0 saturated carbocycles. The largest absolute Gasteiger partial charge is 0.392 e. The molecule has 1 rings (SSSR count). The van der Waals surface area contributed by atoms with Gasteiger partial charge in [-0.25, -0.2) is 13.1 Å². The summed E-state index contributed by atoms with van der Waals surface area (Å²) in [4.78, 5) is 2.18. The average Bonchev–Trinajstić information content (AvgIpc) is 2.74. The normalized spacial score (nSPS) is 14.2. The summed E-state index contributed by atoms with van der Waals surface area (Å²) in [5.74, 6) is 0. The molecule has 0 spiro atoms. The van der Waals surface area contributed by atoms with Crippen molar-refractivity contribution in [1.29, 1.82) is 0 Å². The predicted octanol–water partition coefficient (Wildman–Crippen LogP) is -0.210. The fourth-order valence-electron chi connectivity index (χ4n) is 1.84. The van der Waals surface area contributed by atoms with Crippen LogP contribution in [0.15, 0.2) is 17.3 Å². The van der Waals surface area contributed by atoms with Gasteiger partial charge >= 0.3 is 0 Å². The van der Waals surface area contributed by atoms with Crippen molar-refractivity contribution in [3.63, 3.8) is 0 Å². The second-order valence-corrected chi connectivity index (χ2v) is 6.95. The smallest absolute Gasteiger partial charge is 0.243 e. The molecule has 0 amide bonds. The lowest BCUT2D eigenvalue weighted by Gasteiger charge is -2.27. The SMILES string of the molecule is CC(C)N(CCNS(=O)(=O)c1cnn(C)c1)C[C@H](C)O. The van der Waals surface area contributed by atoms with E-state index in [0.29, 0.717) is 19.6 Å². The zero-order chi connectivity index (χ0) is 15.3. The van der Waals surface area contributed by atoms with Crippen molar-refractivity contribution in [3.05, 3.63) is 12.4 Å². The van der Waals surface area contributed by atoms with Crippen molar-refractivity contribution in [1.82, 2.24) is 19.4 Å². The van der Waals surface area contributed by atoms with E-state index < -0.39 is 16.1 Å². The molecule has 0 saturated heterocycles. The molecule has 0 aromatic carbocycles. The molecule has 0 aliphatic rings. The summed E-state index contributed by atoms with van der Waals surface area (Å²) in [6.07, 6.45) is 2.34. The Morgan fingerprint density at radius 2 is 2.10 bits per heavy atom. The predicted molar refractivity (Wildman–Crippen MR) is 76.8 cm³/mol. The van der Waals surface area contributed by atoms with E-state index in [0.717, 1.165) is 0 Å². The van der Waals surface area contributed by atoms with Crippen molar-refractivity contribution >= 4 is 10.0 Å². The molecule has 0 aliphatic carbocycles. The molecule has 1 atom stereocenters. The summed E-state index contributed by atoms with van der Waals surface area (Å²) in [7, 11) is -1.84. The molecule has 2 N–H and O–H groups in total. The van der Waals surface area contributed by atoms with Crippen molar-refractivity contribution in [2.75, 3.05) is 19.6 Å². The third-order valence-corrected chi connectivity index (χ3v) is 4.33. The maximum atomic E-state index is 12.0. The maximum absolute atomic E-state index is 12.0. The highest BCUT2D eigenvalue weighted by Gasteiger charge is 2.17. The zero-order valence-corrected chi connectivity index (χ0v) is 13.3. The van der Waals surface area contributed by atoms with Crippen LogP contribution in [0.5, 0.6) is 0 Å². The zero-order valence-electron chi connectivity index (χ0n) is 12.4. The van der Waals surface area contributed by atoms with Crippen LogP contribution in [0.3, 0.4) is 0 Å². The van der Waals surface area contributed by atoms with Crippen LogP contribution in [0.1, 0.15) is 20.8 Å². The van der Waals surface area contributed by atoms with Gasteiger partial charge in [0.2, 0.25) is 10.0 Å². The molecule has 0 aliphatic heterocycles. The first kappa shape index (κ1) is 17.1. The van der Waals surface area contributed by atoms with Crippen LogP contribution < -0.4 is 4.72 Å². The van der Waals surface area contributed by atoms with E-state index in [9.17, 15) is 13.5 Å². The Bertz CT molecular complexity index is 511. The number of hydrogen-bond donors (Lipinski definition) is 2. The summed E-state index contributed by atoms with van der Waals surface area (Å²) < 4.78 is 28.0. The molecule has 0 radical (unpaired) electrons. The number of rotatable bonds is 8. The standard InChI is InChI=1S/C12H24N4O3S/c1-10(2)16(8-11(3)17)6-5-14-20(18,19)12-7-13-15(4)9-12/h7,9-11,14,17H,5-6,8H2,1-4H3/t11-/m0/s1.